The number of oxazole rings is 1. The van der Waals surface area contributed by atoms with E-state index >= 15 is 0 Å². The first-order valence-corrected chi connectivity index (χ1v) is 5.93. The molecule has 0 saturated carbocycles. The third-order valence-electron chi connectivity index (χ3n) is 1.88. The Morgan fingerprint density at radius 3 is 3.06 bits per heavy atom. The van der Waals surface area contributed by atoms with Crippen LogP contribution in [0.3, 0.4) is 0 Å². The average molecular weight is 254 g/mol. The standard InChI is InChI=1S/C11H8ClNO2S/c12-9-3-1-2-8(6-9)10(14)7-16-11-13-4-5-15-11/h1-6H,7H2. The summed E-state index contributed by atoms with van der Waals surface area (Å²) < 4.78 is 5.02. The lowest BCUT2D eigenvalue weighted by Gasteiger charge is -1.99. The van der Waals surface area contributed by atoms with Gasteiger partial charge in [0.15, 0.2) is 5.78 Å². The second-order valence-corrected chi connectivity index (χ2v) is 4.38. The van der Waals surface area contributed by atoms with Crippen molar-refractivity contribution in [3.8, 4) is 0 Å². The van der Waals surface area contributed by atoms with Gasteiger partial charge in [-0.2, -0.15) is 0 Å². The largest absolute Gasteiger partial charge is 0.440 e. The highest BCUT2D eigenvalue weighted by Gasteiger charge is 2.08. The van der Waals surface area contributed by atoms with E-state index in [0.29, 0.717) is 21.6 Å². The minimum atomic E-state index is 0.00528. The van der Waals surface area contributed by atoms with Crippen LogP contribution in [0.1, 0.15) is 10.4 Å². The molecule has 3 nitrogen and oxygen atoms in total. The number of hydrogen-bond donors (Lipinski definition) is 0. The summed E-state index contributed by atoms with van der Waals surface area (Å²) in [7, 11) is 0. The van der Waals surface area contributed by atoms with Crippen LogP contribution in [-0.4, -0.2) is 16.5 Å². The molecule has 82 valence electrons. The number of hydrogen-bond acceptors (Lipinski definition) is 4. The second-order valence-electron chi connectivity index (χ2n) is 3.02. The van der Waals surface area contributed by atoms with E-state index in [1.807, 2.05) is 0 Å². The van der Waals surface area contributed by atoms with Gasteiger partial charge in [-0.1, -0.05) is 35.5 Å². The van der Waals surface area contributed by atoms with Crippen LogP contribution < -0.4 is 0 Å². The van der Waals surface area contributed by atoms with E-state index in [9.17, 15) is 4.79 Å². The topological polar surface area (TPSA) is 43.1 Å². The lowest BCUT2D eigenvalue weighted by molar-refractivity contribution is 0.102. The van der Waals surface area contributed by atoms with Gasteiger partial charge in [0.25, 0.3) is 5.22 Å². The maximum absolute atomic E-state index is 11.7. The number of benzene rings is 1. The van der Waals surface area contributed by atoms with E-state index in [1.54, 1.807) is 30.5 Å². The van der Waals surface area contributed by atoms with Gasteiger partial charge in [-0.3, -0.25) is 4.79 Å². The fraction of sp³-hybridized carbons (Fsp3) is 0.0909. The minimum absolute atomic E-state index is 0.00528. The molecule has 5 heteroatoms. The monoisotopic (exact) mass is 253 g/mol. The highest BCUT2D eigenvalue weighted by atomic mass is 35.5. The predicted molar refractivity (Wildman–Crippen MR) is 63.0 cm³/mol. The molecule has 0 radical (unpaired) electrons. The van der Waals surface area contributed by atoms with Crippen molar-refractivity contribution in [2.24, 2.45) is 0 Å². The van der Waals surface area contributed by atoms with Gasteiger partial charge in [0, 0.05) is 10.6 Å². The maximum Gasteiger partial charge on any atom is 0.255 e. The summed E-state index contributed by atoms with van der Waals surface area (Å²) in [6.45, 7) is 0. The summed E-state index contributed by atoms with van der Waals surface area (Å²) in [6.07, 6.45) is 3.03. The zero-order valence-corrected chi connectivity index (χ0v) is 9.79. The van der Waals surface area contributed by atoms with Crippen molar-refractivity contribution < 1.29 is 9.21 Å². The summed E-state index contributed by atoms with van der Waals surface area (Å²) in [5.41, 5.74) is 0.603. The molecule has 0 aliphatic heterocycles. The van der Waals surface area contributed by atoms with E-state index in [1.165, 1.54) is 18.0 Å². The smallest absolute Gasteiger partial charge is 0.255 e. The summed E-state index contributed by atoms with van der Waals surface area (Å²) in [6, 6.07) is 6.88. The molecule has 0 aliphatic carbocycles. The van der Waals surface area contributed by atoms with Crippen LogP contribution >= 0.6 is 23.4 Å². The molecule has 2 aromatic rings. The van der Waals surface area contributed by atoms with Gasteiger partial charge in [0.2, 0.25) is 0 Å². The number of aromatic nitrogens is 1. The van der Waals surface area contributed by atoms with E-state index < -0.39 is 0 Å². The average Bonchev–Trinajstić information content (AvgIpc) is 2.78. The first kappa shape index (κ1) is 11.2. The molecule has 2 rings (SSSR count). The summed E-state index contributed by atoms with van der Waals surface area (Å²) >= 11 is 7.06. The van der Waals surface area contributed by atoms with Crippen LogP contribution in [0.25, 0.3) is 0 Å². The Bertz CT molecular complexity index is 484. The van der Waals surface area contributed by atoms with Crippen molar-refractivity contribution in [1.82, 2.24) is 4.98 Å². The van der Waals surface area contributed by atoms with Crippen LogP contribution in [0.2, 0.25) is 5.02 Å². The number of halogens is 1. The fourth-order valence-corrected chi connectivity index (χ4v) is 2.02. The summed E-state index contributed by atoms with van der Waals surface area (Å²) in [4.78, 5) is 15.7. The lowest BCUT2D eigenvalue weighted by atomic mass is 10.1. The van der Waals surface area contributed by atoms with Crippen molar-refractivity contribution >= 4 is 29.1 Å². The van der Waals surface area contributed by atoms with Gasteiger partial charge in [-0.05, 0) is 12.1 Å². The molecule has 0 atom stereocenters. The predicted octanol–water partition coefficient (Wildman–Crippen LogP) is 3.30. The highest BCUT2D eigenvalue weighted by molar-refractivity contribution is 7.99. The number of Topliss-reactive ketones (excluding diaryl/α,β-unsaturated/α-hetero) is 1. The number of ketones is 1. The maximum atomic E-state index is 11.7. The molecule has 0 fully saturated rings. The first-order valence-electron chi connectivity index (χ1n) is 4.57. The first-order chi connectivity index (χ1) is 7.75. The van der Waals surface area contributed by atoms with Crippen LogP contribution in [0.4, 0.5) is 0 Å². The van der Waals surface area contributed by atoms with Gasteiger partial charge in [0.05, 0.1) is 11.9 Å². The number of rotatable bonds is 4. The number of thioether (sulfide) groups is 1. The Morgan fingerprint density at radius 1 is 1.50 bits per heavy atom. The molecular weight excluding hydrogens is 246 g/mol. The number of carbonyl (C=O) groups is 1. The van der Waals surface area contributed by atoms with Crippen molar-refractivity contribution in [2.75, 3.05) is 5.75 Å². The molecule has 0 amide bonds. The van der Waals surface area contributed by atoms with E-state index in [2.05, 4.69) is 4.98 Å². The minimum Gasteiger partial charge on any atom is -0.440 e. The molecule has 16 heavy (non-hydrogen) atoms. The number of nitrogens with zero attached hydrogens (tertiary/aromatic N) is 1. The molecule has 0 spiro atoms. The molecule has 0 bridgehead atoms. The van der Waals surface area contributed by atoms with Crippen molar-refractivity contribution in [3.63, 3.8) is 0 Å². The van der Waals surface area contributed by atoms with Crippen molar-refractivity contribution in [1.29, 1.82) is 0 Å². The van der Waals surface area contributed by atoms with Gasteiger partial charge in [0.1, 0.15) is 6.26 Å². The van der Waals surface area contributed by atoms with Crippen molar-refractivity contribution in [2.45, 2.75) is 5.22 Å². The molecule has 0 N–H and O–H groups in total. The van der Waals surface area contributed by atoms with Crippen LogP contribution in [0.15, 0.2) is 46.4 Å². The summed E-state index contributed by atoms with van der Waals surface area (Å²) in [5, 5.41) is 1.06. The van der Waals surface area contributed by atoms with Crippen LogP contribution in [0, 0.1) is 0 Å². The Morgan fingerprint density at radius 2 is 2.38 bits per heavy atom. The van der Waals surface area contributed by atoms with Gasteiger partial charge in [-0.15, -0.1) is 0 Å². The van der Waals surface area contributed by atoms with Gasteiger partial charge < -0.3 is 4.42 Å². The van der Waals surface area contributed by atoms with Gasteiger partial charge >= 0.3 is 0 Å². The van der Waals surface area contributed by atoms with E-state index in [4.69, 9.17) is 16.0 Å². The molecule has 0 saturated heterocycles. The third-order valence-corrected chi connectivity index (χ3v) is 2.97. The zero-order chi connectivity index (χ0) is 11.4. The Kier molecular flexibility index (Phi) is 3.64. The zero-order valence-electron chi connectivity index (χ0n) is 8.22. The Labute approximate surface area is 102 Å². The molecule has 0 unspecified atom stereocenters. The molecule has 1 aromatic carbocycles. The fourth-order valence-electron chi connectivity index (χ4n) is 1.15. The Balaban J connectivity index is 1.98. The SMILES string of the molecule is O=C(CSc1ncco1)c1cccc(Cl)c1. The van der Waals surface area contributed by atoms with Crippen molar-refractivity contribution in [3.05, 3.63) is 47.3 Å². The summed E-state index contributed by atoms with van der Waals surface area (Å²) in [5.74, 6) is 0.298. The van der Waals surface area contributed by atoms with Gasteiger partial charge in [-0.25, -0.2) is 4.98 Å². The van der Waals surface area contributed by atoms with Crippen LogP contribution in [0.5, 0.6) is 0 Å². The second kappa shape index (κ2) is 5.18. The molecule has 1 heterocycles. The van der Waals surface area contributed by atoms with E-state index in [0.717, 1.165) is 0 Å². The number of carbonyl (C=O) groups excluding carboxylic acids is 1. The molecule has 1 aromatic heterocycles. The normalized spacial score (nSPS) is 10.3. The highest BCUT2D eigenvalue weighted by Crippen LogP contribution is 2.18. The Hall–Kier alpha value is -1.26. The molecular formula is C11H8ClNO2S. The molecule has 0 aliphatic rings. The quantitative estimate of drug-likeness (QED) is 0.619. The lowest BCUT2D eigenvalue weighted by Crippen LogP contribution is -2.01. The third kappa shape index (κ3) is 2.87. The van der Waals surface area contributed by atoms with E-state index in [-0.39, 0.29) is 5.78 Å². The van der Waals surface area contributed by atoms with Crippen LogP contribution in [-0.2, 0) is 0 Å².